The summed E-state index contributed by atoms with van der Waals surface area (Å²) >= 11 is 0. The number of nitrogens with zero attached hydrogens (tertiary/aromatic N) is 7. The number of nitrogens with two attached hydrogens (primary N) is 1. The van der Waals surface area contributed by atoms with E-state index in [0.29, 0.717) is 29.0 Å². The maximum absolute atomic E-state index is 5.90. The van der Waals surface area contributed by atoms with E-state index in [1.165, 1.54) is 0 Å². The Morgan fingerprint density at radius 3 is 2.70 bits per heavy atom. The number of aryl methyl sites for hydroxylation is 2. The molecule has 0 fully saturated rings. The van der Waals surface area contributed by atoms with Gasteiger partial charge in [0.05, 0.1) is 0 Å². The molecule has 0 amide bonds. The lowest BCUT2D eigenvalue weighted by atomic mass is 10.1. The highest BCUT2D eigenvalue weighted by atomic mass is 15.2. The quantitative estimate of drug-likeness (QED) is 0.420. The molecule has 5 aromatic heterocycles. The third kappa shape index (κ3) is 3.09. The molecule has 30 heavy (non-hydrogen) atoms. The van der Waals surface area contributed by atoms with Gasteiger partial charge < -0.3 is 11.1 Å². The molecule has 4 N–H and O–H groups in total. The summed E-state index contributed by atoms with van der Waals surface area (Å²) in [6.45, 7) is 3.75. The molecule has 148 valence electrons. The molecule has 0 atom stereocenters. The number of imidazole rings is 1. The molecule has 5 heterocycles. The van der Waals surface area contributed by atoms with Gasteiger partial charge in [-0.3, -0.25) is 14.5 Å². The summed E-state index contributed by atoms with van der Waals surface area (Å²) in [7, 11) is 0. The number of pyridine rings is 2. The molecule has 0 saturated carbocycles. The molecule has 0 radical (unpaired) electrons. The Morgan fingerprint density at radius 2 is 1.93 bits per heavy atom. The van der Waals surface area contributed by atoms with Gasteiger partial charge in [-0.2, -0.15) is 15.1 Å². The summed E-state index contributed by atoms with van der Waals surface area (Å²) in [6, 6.07) is 9.72. The summed E-state index contributed by atoms with van der Waals surface area (Å²) in [5.74, 6) is 2.29. The first-order valence-corrected chi connectivity index (χ1v) is 9.28. The van der Waals surface area contributed by atoms with Crippen molar-refractivity contribution < 1.29 is 0 Å². The summed E-state index contributed by atoms with van der Waals surface area (Å²) in [4.78, 5) is 22.0. The Balaban J connectivity index is 1.76. The molecule has 0 aliphatic carbocycles. The molecule has 0 aliphatic heterocycles. The molecule has 0 aromatic carbocycles. The molecule has 5 aromatic rings. The largest absolute Gasteiger partial charge is 0.368 e. The lowest BCUT2D eigenvalue weighted by Crippen LogP contribution is -2.05. The van der Waals surface area contributed by atoms with Gasteiger partial charge in [0.1, 0.15) is 17.2 Å². The SMILES string of the molecule is Cc1nc(N)nc(-c2c(Nc3cc[nH]n3)nc3ccc(-c4cccnc4C)cn23)n1. The van der Waals surface area contributed by atoms with Gasteiger partial charge in [0.25, 0.3) is 0 Å². The maximum atomic E-state index is 5.90. The van der Waals surface area contributed by atoms with E-state index in [-0.39, 0.29) is 5.95 Å². The summed E-state index contributed by atoms with van der Waals surface area (Å²) < 4.78 is 1.94. The van der Waals surface area contributed by atoms with E-state index >= 15 is 0 Å². The summed E-state index contributed by atoms with van der Waals surface area (Å²) in [5, 5.41) is 10.2. The molecule has 0 spiro atoms. The predicted molar refractivity (Wildman–Crippen MR) is 113 cm³/mol. The van der Waals surface area contributed by atoms with Gasteiger partial charge in [0.15, 0.2) is 17.5 Å². The second-order valence-electron chi connectivity index (χ2n) is 6.74. The first-order valence-electron chi connectivity index (χ1n) is 9.28. The number of nitrogens with one attached hydrogen (secondary N) is 2. The van der Waals surface area contributed by atoms with E-state index in [1.807, 2.05) is 47.9 Å². The minimum atomic E-state index is 0.150. The van der Waals surface area contributed by atoms with E-state index in [2.05, 4.69) is 35.5 Å². The Bertz CT molecular complexity index is 1330. The highest BCUT2D eigenvalue weighted by molar-refractivity contribution is 5.78. The zero-order valence-electron chi connectivity index (χ0n) is 16.3. The van der Waals surface area contributed by atoms with Gasteiger partial charge in [-0.25, -0.2) is 9.97 Å². The number of aromatic nitrogens is 8. The predicted octanol–water partition coefficient (Wildman–Crippen LogP) is 2.91. The van der Waals surface area contributed by atoms with Crippen molar-refractivity contribution in [3.63, 3.8) is 0 Å². The van der Waals surface area contributed by atoms with Crippen LogP contribution in [0.15, 0.2) is 48.9 Å². The van der Waals surface area contributed by atoms with Crippen molar-refractivity contribution in [2.45, 2.75) is 13.8 Å². The van der Waals surface area contributed by atoms with E-state index < -0.39 is 0 Å². The second kappa shape index (κ2) is 6.92. The number of H-pyrrole nitrogens is 1. The molecule has 5 rings (SSSR count). The van der Waals surface area contributed by atoms with Crippen LogP contribution in [0.25, 0.3) is 28.3 Å². The van der Waals surface area contributed by atoms with Gasteiger partial charge in [-0.15, -0.1) is 0 Å². The fourth-order valence-corrected chi connectivity index (χ4v) is 3.35. The maximum Gasteiger partial charge on any atom is 0.223 e. The first-order chi connectivity index (χ1) is 14.6. The lowest BCUT2D eigenvalue weighted by molar-refractivity contribution is 0.983. The van der Waals surface area contributed by atoms with Crippen LogP contribution in [0.4, 0.5) is 17.6 Å². The van der Waals surface area contributed by atoms with Crippen molar-refractivity contribution in [2.24, 2.45) is 0 Å². The van der Waals surface area contributed by atoms with Crippen molar-refractivity contribution in [1.82, 2.24) is 39.5 Å². The molecule has 0 bridgehead atoms. The summed E-state index contributed by atoms with van der Waals surface area (Å²) in [6.07, 6.45) is 5.50. The lowest BCUT2D eigenvalue weighted by Gasteiger charge is -2.08. The Hall–Kier alpha value is -4.34. The topological polar surface area (TPSA) is 136 Å². The van der Waals surface area contributed by atoms with Crippen LogP contribution in [0.3, 0.4) is 0 Å². The smallest absolute Gasteiger partial charge is 0.223 e. The van der Waals surface area contributed by atoms with Gasteiger partial charge in [0, 0.05) is 41.5 Å². The Kier molecular flexibility index (Phi) is 4.09. The second-order valence-corrected chi connectivity index (χ2v) is 6.74. The molecule has 0 saturated heterocycles. The Morgan fingerprint density at radius 1 is 1.03 bits per heavy atom. The fourth-order valence-electron chi connectivity index (χ4n) is 3.35. The van der Waals surface area contributed by atoms with E-state index in [1.54, 1.807) is 19.3 Å². The van der Waals surface area contributed by atoms with E-state index in [9.17, 15) is 0 Å². The van der Waals surface area contributed by atoms with E-state index in [4.69, 9.17) is 10.7 Å². The van der Waals surface area contributed by atoms with Crippen molar-refractivity contribution in [3.8, 4) is 22.6 Å². The molecule has 10 nitrogen and oxygen atoms in total. The average molecular weight is 398 g/mol. The molecule has 0 aliphatic rings. The van der Waals surface area contributed by atoms with Crippen LogP contribution in [0, 0.1) is 13.8 Å². The van der Waals surface area contributed by atoms with Crippen LogP contribution >= 0.6 is 0 Å². The molecular weight excluding hydrogens is 380 g/mol. The Labute approximate surface area is 171 Å². The normalized spacial score (nSPS) is 11.1. The number of rotatable bonds is 4. The minimum Gasteiger partial charge on any atom is -0.368 e. The van der Waals surface area contributed by atoms with Crippen molar-refractivity contribution >= 4 is 23.2 Å². The first kappa shape index (κ1) is 17.7. The van der Waals surface area contributed by atoms with Crippen LogP contribution in [0.5, 0.6) is 0 Å². The standard InChI is InChI=1S/C20H18N10/c1-11-14(4-3-8-22-11)13-5-6-16-27-19(26-15-7-9-23-29-15)17(30(16)10-13)18-24-12(2)25-20(21)28-18/h3-10H,1-2H3,(H2,23,26,29)(H2,21,24,25,28). The van der Waals surface area contributed by atoms with Gasteiger partial charge in [0.2, 0.25) is 5.95 Å². The highest BCUT2D eigenvalue weighted by Gasteiger charge is 2.19. The van der Waals surface area contributed by atoms with Crippen LogP contribution < -0.4 is 11.1 Å². The number of hydrogen-bond donors (Lipinski definition) is 3. The van der Waals surface area contributed by atoms with Crippen molar-refractivity contribution in [2.75, 3.05) is 11.1 Å². The highest BCUT2D eigenvalue weighted by Crippen LogP contribution is 2.31. The molecule has 10 heteroatoms. The summed E-state index contributed by atoms with van der Waals surface area (Å²) in [5.41, 5.74) is 10.3. The number of anilines is 3. The van der Waals surface area contributed by atoms with Crippen molar-refractivity contribution in [1.29, 1.82) is 0 Å². The van der Waals surface area contributed by atoms with E-state index in [0.717, 1.165) is 22.5 Å². The molecular formula is C20H18N10. The van der Waals surface area contributed by atoms with Gasteiger partial charge in [-0.05, 0) is 32.0 Å². The van der Waals surface area contributed by atoms with Crippen LogP contribution in [-0.2, 0) is 0 Å². The van der Waals surface area contributed by atoms with Crippen LogP contribution in [-0.4, -0.2) is 39.5 Å². The number of aromatic amines is 1. The zero-order chi connectivity index (χ0) is 20.7. The fraction of sp³-hybridized carbons (Fsp3) is 0.100. The van der Waals surface area contributed by atoms with Gasteiger partial charge in [-0.1, -0.05) is 6.07 Å². The third-order valence-corrected chi connectivity index (χ3v) is 4.66. The third-order valence-electron chi connectivity index (χ3n) is 4.66. The van der Waals surface area contributed by atoms with Crippen molar-refractivity contribution in [3.05, 3.63) is 60.4 Å². The minimum absolute atomic E-state index is 0.150. The zero-order valence-corrected chi connectivity index (χ0v) is 16.3. The number of fused-ring (bicyclic) bond motifs is 1. The number of nitrogen functional groups attached to an aromatic ring is 1. The van der Waals surface area contributed by atoms with Crippen LogP contribution in [0.1, 0.15) is 11.5 Å². The molecule has 0 unspecified atom stereocenters. The average Bonchev–Trinajstić information content (AvgIpc) is 3.34. The van der Waals surface area contributed by atoms with Crippen LogP contribution in [0.2, 0.25) is 0 Å². The number of hydrogen-bond acceptors (Lipinski definition) is 8. The van der Waals surface area contributed by atoms with Gasteiger partial charge >= 0.3 is 0 Å². The monoisotopic (exact) mass is 398 g/mol.